The lowest BCUT2D eigenvalue weighted by Crippen LogP contribution is -2.00. The number of hydrogen-bond donors (Lipinski definition) is 1. The van der Waals surface area contributed by atoms with Crippen molar-refractivity contribution < 1.29 is 18.7 Å². The van der Waals surface area contributed by atoms with Crippen molar-refractivity contribution in [1.82, 2.24) is 19.7 Å². The number of nitrogens with zero attached hydrogens (tertiary/aromatic N) is 4. The number of thioether (sulfide) groups is 1. The van der Waals surface area contributed by atoms with Gasteiger partial charge in [0.1, 0.15) is 6.26 Å². The summed E-state index contributed by atoms with van der Waals surface area (Å²) in [6.07, 6.45) is 2.70. The fourth-order valence-electron chi connectivity index (χ4n) is 2.53. The van der Waals surface area contributed by atoms with E-state index in [1.807, 2.05) is 41.8 Å². The molecule has 0 amide bonds. The summed E-state index contributed by atoms with van der Waals surface area (Å²) in [6, 6.07) is 11.6. The lowest BCUT2D eigenvalue weighted by atomic mass is 10.2. The number of hydrogen-bond acceptors (Lipinski definition) is 7. The van der Waals surface area contributed by atoms with Crippen LogP contribution in [0.2, 0.25) is 0 Å². The maximum atomic E-state index is 10.9. The van der Waals surface area contributed by atoms with Crippen LogP contribution in [0.1, 0.15) is 21.9 Å². The Morgan fingerprint density at radius 2 is 2.11 bits per heavy atom. The normalized spacial score (nSPS) is 11.0. The molecule has 0 bridgehead atoms. The third-order valence-corrected chi connectivity index (χ3v) is 4.64. The van der Waals surface area contributed by atoms with Crippen molar-refractivity contribution in [2.45, 2.75) is 17.8 Å². The highest BCUT2D eigenvalue weighted by Crippen LogP contribution is 2.30. The molecule has 3 heterocycles. The third-order valence-electron chi connectivity index (χ3n) is 3.73. The molecule has 0 saturated carbocycles. The zero-order chi connectivity index (χ0) is 18.8. The summed E-state index contributed by atoms with van der Waals surface area (Å²) in [4.78, 5) is 14.9. The summed E-state index contributed by atoms with van der Waals surface area (Å²) in [5, 5.41) is 18.1. The molecule has 0 aliphatic heterocycles. The van der Waals surface area contributed by atoms with Crippen LogP contribution in [0.3, 0.4) is 0 Å². The standard InChI is InChI=1S/C18H14N4O4S/c1-11-4-2-5-12(8-11)22-16(14-6-3-7-25-14)20-21-18(22)27-10-15-19-13(9-26-15)17(23)24/h2-9H,10H2,1H3,(H,23,24). The molecule has 0 radical (unpaired) electrons. The molecule has 136 valence electrons. The molecule has 8 nitrogen and oxygen atoms in total. The number of benzene rings is 1. The molecular formula is C18H14N4O4S. The van der Waals surface area contributed by atoms with Crippen molar-refractivity contribution >= 4 is 17.7 Å². The molecule has 4 rings (SSSR count). The van der Waals surface area contributed by atoms with Crippen LogP contribution < -0.4 is 0 Å². The summed E-state index contributed by atoms with van der Waals surface area (Å²) in [5.41, 5.74) is 1.87. The van der Waals surface area contributed by atoms with Gasteiger partial charge < -0.3 is 13.9 Å². The number of aromatic nitrogens is 4. The van der Waals surface area contributed by atoms with E-state index < -0.39 is 5.97 Å². The Labute approximate surface area is 157 Å². The first kappa shape index (κ1) is 17.1. The predicted molar refractivity (Wildman–Crippen MR) is 96.8 cm³/mol. The van der Waals surface area contributed by atoms with Crippen molar-refractivity contribution in [1.29, 1.82) is 0 Å². The maximum Gasteiger partial charge on any atom is 0.357 e. The average Bonchev–Trinajstić information content (AvgIpc) is 3.39. The zero-order valence-electron chi connectivity index (χ0n) is 14.2. The third kappa shape index (κ3) is 3.49. The number of aryl methyl sites for hydroxylation is 1. The largest absolute Gasteiger partial charge is 0.476 e. The Morgan fingerprint density at radius 1 is 1.22 bits per heavy atom. The second-order valence-corrected chi connectivity index (χ2v) is 6.62. The molecule has 1 aromatic carbocycles. The number of aromatic carboxylic acids is 1. The second kappa shape index (κ2) is 7.12. The van der Waals surface area contributed by atoms with E-state index in [-0.39, 0.29) is 5.69 Å². The van der Waals surface area contributed by atoms with E-state index in [0.717, 1.165) is 17.5 Å². The van der Waals surface area contributed by atoms with Crippen LogP contribution >= 0.6 is 11.8 Å². The summed E-state index contributed by atoms with van der Waals surface area (Å²) in [7, 11) is 0. The first-order chi connectivity index (χ1) is 13.1. The average molecular weight is 382 g/mol. The molecule has 0 aliphatic rings. The maximum absolute atomic E-state index is 10.9. The summed E-state index contributed by atoms with van der Waals surface area (Å²) in [6.45, 7) is 2.01. The van der Waals surface area contributed by atoms with E-state index in [1.54, 1.807) is 12.3 Å². The smallest absolute Gasteiger partial charge is 0.357 e. The Balaban J connectivity index is 1.68. The van der Waals surface area contributed by atoms with Gasteiger partial charge in [-0.1, -0.05) is 23.9 Å². The lowest BCUT2D eigenvalue weighted by molar-refractivity contribution is 0.0690. The molecule has 9 heteroatoms. The van der Waals surface area contributed by atoms with Crippen molar-refractivity contribution in [3.63, 3.8) is 0 Å². The van der Waals surface area contributed by atoms with E-state index in [9.17, 15) is 4.79 Å². The topological polar surface area (TPSA) is 107 Å². The van der Waals surface area contributed by atoms with Crippen molar-refractivity contribution in [3.05, 3.63) is 66.1 Å². The molecular weight excluding hydrogens is 368 g/mol. The van der Waals surface area contributed by atoms with Gasteiger partial charge in [-0.05, 0) is 36.8 Å². The summed E-state index contributed by atoms with van der Waals surface area (Å²) in [5.74, 6) is 0.663. The van der Waals surface area contributed by atoms with E-state index in [2.05, 4.69) is 15.2 Å². The van der Waals surface area contributed by atoms with Crippen LogP contribution in [0.15, 0.2) is 62.9 Å². The van der Waals surface area contributed by atoms with Crippen LogP contribution in [0, 0.1) is 6.92 Å². The van der Waals surface area contributed by atoms with Crippen molar-refractivity contribution in [2.24, 2.45) is 0 Å². The van der Waals surface area contributed by atoms with Gasteiger partial charge in [-0.15, -0.1) is 10.2 Å². The van der Waals surface area contributed by atoms with E-state index in [0.29, 0.717) is 28.4 Å². The summed E-state index contributed by atoms with van der Waals surface area (Å²) < 4.78 is 12.6. The van der Waals surface area contributed by atoms with Gasteiger partial charge >= 0.3 is 5.97 Å². The van der Waals surface area contributed by atoms with Crippen LogP contribution in [0.4, 0.5) is 0 Å². The number of furan rings is 1. The van der Waals surface area contributed by atoms with Crippen LogP contribution in [-0.4, -0.2) is 30.8 Å². The molecule has 3 aromatic heterocycles. The molecule has 27 heavy (non-hydrogen) atoms. The highest BCUT2D eigenvalue weighted by Gasteiger charge is 2.19. The molecule has 0 spiro atoms. The molecule has 0 atom stereocenters. The van der Waals surface area contributed by atoms with Crippen LogP contribution in [0.5, 0.6) is 0 Å². The van der Waals surface area contributed by atoms with Gasteiger partial charge in [-0.25, -0.2) is 9.78 Å². The van der Waals surface area contributed by atoms with E-state index >= 15 is 0 Å². The number of carboxylic acids is 1. The Hall–Kier alpha value is -3.33. The highest BCUT2D eigenvalue weighted by molar-refractivity contribution is 7.98. The number of oxazole rings is 1. The number of carboxylic acid groups (broad SMARTS) is 1. The van der Waals surface area contributed by atoms with Gasteiger partial charge in [-0.2, -0.15) is 0 Å². The Kier molecular flexibility index (Phi) is 4.51. The van der Waals surface area contributed by atoms with Gasteiger partial charge in [0.2, 0.25) is 11.7 Å². The Bertz CT molecular complexity index is 1080. The van der Waals surface area contributed by atoms with Crippen molar-refractivity contribution in [3.8, 4) is 17.3 Å². The van der Waals surface area contributed by atoms with Crippen LogP contribution in [0.25, 0.3) is 17.3 Å². The SMILES string of the molecule is Cc1cccc(-n2c(SCc3nc(C(=O)O)co3)nnc2-c2ccco2)c1. The quantitative estimate of drug-likeness (QED) is 0.502. The van der Waals surface area contributed by atoms with Gasteiger partial charge in [0.05, 0.1) is 17.7 Å². The zero-order valence-corrected chi connectivity index (χ0v) is 15.0. The first-order valence-corrected chi connectivity index (χ1v) is 8.97. The monoisotopic (exact) mass is 382 g/mol. The van der Waals surface area contributed by atoms with Gasteiger partial charge in [-0.3, -0.25) is 4.57 Å². The summed E-state index contributed by atoms with van der Waals surface area (Å²) >= 11 is 1.34. The molecule has 0 aliphatic carbocycles. The fraction of sp³-hybridized carbons (Fsp3) is 0.111. The molecule has 4 aromatic rings. The van der Waals surface area contributed by atoms with Gasteiger partial charge in [0, 0.05) is 0 Å². The number of carbonyl (C=O) groups is 1. The number of rotatable bonds is 6. The molecule has 1 N–H and O–H groups in total. The molecule has 0 fully saturated rings. The minimum absolute atomic E-state index is 0.123. The predicted octanol–water partition coefficient (Wildman–Crippen LogP) is 3.81. The highest BCUT2D eigenvalue weighted by atomic mass is 32.2. The van der Waals surface area contributed by atoms with Crippen molar-refractivity contribution in [2.75, 3.05) is 0 Å². The van der Waals surface area contributed by atoms with Gasteiger partial charge in [0.25, 0.3) is 0 Å². The second-order valence-electron chi connectivity index (χ2n) is 5.68. The lowest BCUT2D eigenvalue weighted by Gasteiger charge is -2.09. The van der Waals surface area contributed by atoms with E-state index in [1.165, 1.54) is 11.8 Å². The minimum Gasteiger partial charge on any atom is -0.476 e. The first-order valence-electron chi connectivity index (χ1n) is 7.98. The van der Waals surface area contributed by atoms with E-state index in [4.69, 9.17) is 13.9 Å². The minimum atomic E-state index is -1.13. The molecule has 0 unspecified atom stereocenters. The Morgan fingerprint density at radius 3 is 2.81 bits per heavy atom. The van der Waals surface area contributed by atoms with Crippen LogP contribution in [-0.2, 0) is 5.75 Å². The molecule has 0 saturated heterocycles. The van der Waals surface area contributed by atoms with Gasteiger partial charge in [0.15, 0.2) is 16.6 Å². The fourth-order valence-corrected chi connectivity index (χ4v) is 3.34.